The van der Waals surface area contributed by atoms with Gasteiger partial charge in [0.25, 0.3) is 0 Å². The summed E-state index contributed by atoms with van der Waals surface area (Å²) in [5.74, 6) is 1.11. The van der Waals surface area contributed by atoms with Gasteiger partial charge in [-0.25, -0.2) is 15.0 Å². The van der Waals surface area contributed by atoms with Gasteiger partial charge >= 0.3 is 0 Å². The first-order chi connectivity index (χ1) is 10.2. The Bertz CT molecular complexity index is 761. The maximum Gasteiger partial charge on any atom is 0.232 e. The molecule has 8 heteroatoms. The Morgan fingerprint density at radius 3 is 3.00 bits per heavy atom. The monoisotopic (exact) mass is 323 g/mol. The molecule has 0 fully saturated rings. The average Bonchev–Trinajstić information content (AvgIpc) is 2.94. The van der Waals surface area contributed by atoms with E-state index in [0.717, 1.165) is 16.9 Å². The third kappa shape index (κ3) is 3.17. The van der Waals surface area contributed by atoms with E-state index in [0.29, 0.717) is 29.1 Å². The normalized spacial score (nSPS) is 10.8. The zero-order valence-corrected chi connectivity index (χ0v) is 12.3. The lowest BCUT2D eigenvalue weighted by atomic mass is 10.4. The van der Waals surface area contributed by atoms with Crippen LogP contribution in [0.5, 0.6) is 5.88 Å². The Kier molecular flexibility index (Phi) is 4.08. The Hall–Kier alpha value is -2.05. The van der Waals surface area contributed by atoms with Gasteiger partial charge in [-0.3, -0.25) is 0 Å². The van der Waals surface area contributed by atoms with E-state index < -0.39 is 0 Å². The van der Waals surface area contributed by atoms with Gasteiger partial charge < -0.3 is 15.0 Å². The van der Waals surface area contributed by atoms with Gasteiger partial charge in [0.2, 0.25) is 5.88 Å². The van der Waals surface area contributed by atoms with Crippen molar-refractivity contribution in [3.8, 4) is 5.88 Å². The molecule has 3 rings (SSSR count). The minimum absolute atomic E-state index is 0.359. The second kappa shape index (κ2) is 6.15. The fourth-order valence-electron chi connectivity index (χ4n) is 1.84. The summed E-state index contributed by atoms with van der Waals surface area (Å²) < 4.78 is 5.49. The fraction of sp³-hybridized carbons (Fsp3) is 0.154. The minimum Gasteiger partial charge on any atom is -0.475 e. The van der Waals surface area contributed by atoms with Crippen molar-refractivity contribution >= 4 is 40.1 Å². The van der Waals surface area contributed by atoms with E-state index in [4.69, 9.17) is 27.9 Å². The van der Waals surface area contributed by atoms with Crippen molar-refractivity contribution in [3.05, 3.63) is 40.9 Å². The molecule has 21 heavy (non-hydrogen) atoms. The summed E-state index contributed by atoms with van der Waals surface area (Å²) >= 11 is 11.7. The lowest BCUT2D eigenvalue weighted by Crippen LogP contribution is -2.13. The van der Waals surface area contributed by atoms with Crippen molar-refractivity contribution in [2.75, 3.05) is 18.5 Å². The van der Waals surface area contributed by atoms with Crippen LogP contribution in [0.25, 0.3) is 11.0 Å². The summed E-state index contributed by atoms with van der Waals surface area (Å²) in [7, 11) is 0. The molecule has 3 aromatic heterocycles. The summed E-state index contributed by atoms with van der Waals surface area (Å²) in [4.78, 5) is 15.4. The van der Waals surface area contributed by atoms with Crippen molar-refractivity contribution in [2.45, 2.75) is 0 Å². The Labute approximate surface area is 130 Å². The number of nitrogens with zero attached hydrogens (tertiary/aromatic N) is 3. The Balaban J connectivity index is 1.58. The summed E-state index contributed by atoms with van der Waals surface area (Å²) in [6.45, 7) is 0.947. The standard InChI is InChI=1S/C13H11Cl2N5O/c14-8-5-10(15)13(18-6-8)21-4-3-17-12-9-1-2-16-11(9)19-7-20-12/h1-2,5-7H,3-4H2,(H2,16,17,19,20). The lowest BCUT2D eigenvalue weighted by molar-refractivity contribution is 0.320. The molecular formula is C13H11Cl2N5O. The van der Waals surface area contributed by atoms with Gasteiger partial charge in [-0.1, -0.05) is 23.2 Å². The van der Waals surface area contributed by atoms with Crippen molar-refractivity contribution in [2.24, 2.45) is 0 Å². The molecule has 3 heterocycles. The van der Waals surface area contributed by atoms with Crippen molar-refractivity contribution in [3.63, 3.8) is 0 Å². The van der Waals surface area contributed by atoms with E-state index in [2.05, 4.69) is 25.3 Å². The quantitative estimate of drug-likeness (QED) is 0.705. The molecule has 108 valence electrons. The predicted octanol–water partition coefficient (Wildman–Crippen LogP) is 3.15. The SMILES string of the molecule is Clc1cnc(OCCNc2ncnc3[nH]ccc23)c(Cl)c1. The van der Waals surface area contributed by atoms with Crippen molar-refractivity contribution < 1.29 is 4.74 Å². The van der Waals surface area contributed by atoms with Crippen LogP contribution in [-0.4, -0.2) is 33.1 Å². The van der Waals surface area contributed by atoms with E-state index in [1.54, 1.807) is 6.07 Å². The highest BCUT2D eigenvalue weighted by atomic mass is 35.5. The molecule has 0 unspecified atom stereocenters. The largest absolute Gasteiger partial charge is 0.475 e. The first-order valence-electron chi connectivity index (χ1n) is 6.20. The number of fused-ring (bicyclic) bond motifs is 1. The van der Waals surface area contributed by atoms with Gasteiger partial charge in [-0.05, 0) is 12.1 Å². The summed E-state index contributed by atoms with van der Waals surface area (Å²) in [5, 5.41) is 4.97. The van der Waals surface area contributed by atoms with Gasteiger partial charge in [0.05, 0.1) is 17.0 Å². The molecule has 0 aliphatic carbocycles. The number of ether oxygens (including phenoxy) is 1. The maximum absolute atomic E-state index is 5.97. The zero-order valence-electron chi connectivity index (χ0n) is 10.8. The zero-order chi connectivity index (χ0) is 14.7. The molecule has 0 saturated heterocycles. The topological polar surface area (TPSA) is 75.7 Å². The van der Waals surface area contributed by atoms with Crippen LogP contribution < -0.4 is 10.1 Å². The Morgan fingerprint density at radius 2 is 2.14 bits per heavy atom. The van der Waals surface area contributed by atoms with E-state index >= 15 is 0 Å². The van der Waals surface area contributed by atoms with Crippen LogP contribution in [0.3, 0.4) is 0 Å². The molecule has 0 radical (unpaired) electrons. The highest BCUT2D eigenvalue weighted by Gasteiger charge is 2.05. The number of aromatic amines is 1. The number of halogens is 2. The van der Waals surface area contributed by atoms with E-state index in [1.165, 1.54) is 12.5 Å². The van der Waals surface area contributed by atoms with E-state index in [-0.39, 0.29) is 0 Å². The number of pyridine rings is 1. The van der Waals surface area contributed by atoms with Crippen LogP contribution >= 0.6 is 23.2 Å². The van der Waals surface area contributed by atoms with E-state index in [9.17, 15) is 0 Å². The molecule has 3 aromatic rings. The van der Waals surface area contributed by atoms with Gasteiger partial charge in [0.1, 0.15) is 29.4 Å². The number of hydrogen-bond donors (Lipinski definition) is 2. The Morgan fingerprint density at radius 1 is 1.24 bits per heavy atom. The first-order valence-corrected chi connectivity index (χ1v) is 6.95. The third-order valence-electron chi connectivity index (χ3n) is 2.76. The van der Waals surface area contributed by atoms with Crippen LogP contribution in [0, 0.1) is 0 Å². The van der Waals surface area contributed by atoms with Crippen LogP contribution in [0.4, 0.5) is 5.82 Å². The van der Waals surface area contributed by atoms with Gasteiger partial charge in [0.15, 0.2) is 0 Å². The molecule has 2 N–H and O–H groups in total. The molecule has 0 aromatic carbocycles. The molecule has 0 amide bonds. The van der Waals surface area contributed by atoms with Crippen LogP contribution in [0.15, 0.2) is 30.9 Å². The molecule has 0 atom stereocenters. The minimum atomic E-state index is 0.359. The highest BCUT2D eigenvalue weighted by Crippen LogP contribution is 2.24. The smallest absolute Gasteiger partial charge is 0.232 e. The van der Waals surface area contributed by atoms with Gasteiger partial charge in [0, 0.05) is 12.4 Å². The second-order valence-corrected chi connectivity index (χ2v) is 5.02. The second-order valence-electron chi connectivity index (χ2n) is 4.18. The molecule has 6 nitrogen and oxygen atoms in total. The number of nitrogens with one attached hydrogen (secondary N) is 2. The summed E-state index contributed by atoms with van der Waals surface area (Å²) in [6, 6.07) is 3.50. The fourth-order valence-corrected chi connectivity index (χ4v) is 2.27. The maximum atomic E-state index is 5.97. The van der Waals surface area contributed by atoms with Crippen LogP contribution in [0.2, 0.25) is 10.0 Å². The number of rotatable bonds is 5. The highest BCUT2D eigenvalue weighted by molar-refractivity contribution is 6.35. The summed E-state index contributed by atoms with van der Waals surface area (Å²) in [6.07, 6.45) is 4.81. The van der Waals surface area contributed by atoms with E-state index in [1.807, 2.05) is 12.3 Å². The van der Waals surface area contributed by atoms with Crippen molar-refractivity contribution in [1.29, 1.82) is 0 Å². The number of hydrogen-bond acceptors (Lipinski definition) is 5. The molecule has 0 aliphatic rings. The number of aromatic nitrogens is 4. The molecular weight excluding hydrogens is 313 g/mol. The average molecular weight is 324 g/mol. The van der Waals surface area contributed by atoms with Gasteiger partial charge in [-0.15, -0.1) is 0 Å². The molecule has 0 spiro atoms. The molecule has 0 aliphatic heterocycles. The van der Waals surface area contributed by atoms with Gasteiger partial charge in [-0.2, -0.15) is 0 Å². The van der Waals surface area contributed by atoms with Crippen LogP contribution in [0.1, 0.15) is 0 Å². The number of H-pyrrole nitrogens is 1. The lowest BCUT2D eigenvalue weighted by Gasteiger charge is -2.09. The van der Waals surface area contributed by atoms with Crippen molar-refractivity contribution in [1.82, 2.24) is 19.9 Å². The first kappa shape index (κ1) is 13.9. The van der Waals surface area contributed by atoms with Crippen LogP contribution in [-0.2, 0) is 0 Å². The molecule has 0 saturated carbocycles. The predicted molar refractivity (Wildman–Crippen MR) is 82.1 cm³/mol. The third-order valence-corrected chi connectivity index (χ3v) is 3.24. The number of anilines is 1. The summed E-state index contributed by atoms with van der Waals surface area (Å²) in [5.41, 5.74) is 0.788. The molecule has 0 bridgehead atoms.